The maximum atomic E-state index is 12.0. The molecule has 132 valence electrons. The Morgan fingerprint density at radius 3 is 2.42 bits per heavy atom. The van der Waals surface area contributed by atoms with Gasteiger partial charge in [0.25, 0.3) is 5.91 Å². The number of carbonyl (C=O) groups excluding carboxylic acids is 2. The summed E-state index contributed by atoms with van der Waals surface area (Å²) in [5, 5.41) is 0.431. The minimum Gasteiger partial charge on any atom is -0.456 e. The van der Waals surface area contributed by atoms with E-state index in [1.54, 1.807) is 4.90 Å². The van der Waals surface area contributed by atoms with Crippen LogP contribution in [0.15, 0.2) is 29.2 Å². The highest BCUT2D eigenvalue weighted by atomic mass is 35.5. The SMILES string of the molecule is O=C(CCNS(=O)(=O)c1ccc(Cl)cc1)OCC(=O)N1CCCC1. The molecule has 1 heterocycles. The minimum atomic E-state index is -3.71. The lowest BCUT2D eigenvalue weighted by Gasteiger charge is -2.14. The molecule has 1 aliphatic heterocycles. The fourth-order valence-corrected chi connectivity index (χ4v) is 3.41. The van der Waals surface area contributed by atoms with Gasteiger partial charge in [-0.1, -0.05) is 11.6 Å². The predicted octanol–water partition coefficient (Wildman–Crippen LogP) is 1.17. The number of halogens is 1. The van der Waals surface area contributed by atoms with Gasteiger partial charge < -0.3 is 9.64 Å². The van der Waals surface area contributed by atoms with Crippen LogP contribution in [-0.4, -0.2) is 51.4 Å². The van der Waals surface area contributed by atoms with Crippen LogP contribution >= 0.6 is 11.6 Å². The zero-order chi connectivity index (χ0) is 17.6. The van der Waals surface area contributed by atoms with Gasteiger partial charge in [-0.05, 0) is 37.1 Å². The van der Waals surface area contributed by atoms with E-state index in [-0.39, 0.29) is 30.4 Å². The zero-order valence-electron chi connectivity index (χ0n) is 13.0. The van der Waals surface area contributed by atoms with Crippen molar-refractivity contribution < 1.29 is 22.7 Å². The Kier molecular flexibility index (Phi) is 6.59. The minimum absolute atomic E-state index is 0.0597. The van der Waals surface area contributed by atoms with E-state index in [1.807, 2.05) is 0 Å². The van der Waals surface area contributed by atoms with Gasteiger partial charge in [-0.15, -0.1) is 0 Å². The molecule has 0 bridgehead atoms. The van der Waals surface area contributed by atoms with Crippen molar-refractivity contribution in [2.45, 2.75) is 24.2 Å². The number of hydrogen-bond acceptors (Lipinski definition) is 5. The second-order valence-electron chi connectivity index (χ2n) is 5.35. The molecule has 1 N–H and O–H groups in total. The quantitative estimate of drug-likeness (QED) is 0.723. The van der Waals surface area contributed by atoms with Gasteiger partial charge in [0.2, 0.25) is 10.0 Å². The summed E-state index contributed by atoms with van der Waals surface area (Å²) in [6, 6.07) is 5.68. The molecule has 1 aliphatic rings. The first kappa shape index (κ1) is 18.7. The fourth-order valence-electron chi connectivity index (χ4n) is 2.26. The first-order valence-electron chi connectivity index (χ1n) is 7.57. The fraction of sp³-hybridized carbons (Fsp3) is 0.467. The molecule has 1 fully saturated rings. The van der Waals surface area contributed by atoms with Crippen molar-refractivity contribution in [2.24, 2.45) is 0 Å². The first-order chi connectivity index (χ1) is 11.4. The van der Waals surface area contributed by atoms with Crippen molar-refractivity contribution >= 4 is 33.5 Å². The lowest BCUT2D eigenvalue weighted by atomic mass is 10.4. The van der Waals surface area contributed by atoms with Gasteiger partial charge >= 0.3 is 5.97 Å². The molecular weight excluding hydrogens is 356 g/mol. The van der Waals surface area contributed by atoms with Crippen LogP contribution in [0.2, 0.25) is 5.02 Å². The van der Waals surface area contributed by atoms with Crippen LogP contribution < -0.4 is 4.72 Å². The Hall–Kier alpha value is -1.64. The maximum absolute atomic E-state index is 12.0. The summed E-state index contributed by atoms with van der Waals surface area (Å²) in [5.41, 5.74) is 0. The molecule has 0 radical (unpaired) electrons. The van der Waals surface area contributed by atoms with Crippen LogP contribution in [0.25, 0.3) is 0 Å². The number of rotatable bonds is 7. The highest BCUT2D eigenvalue weighted by Gasteiger charge is 2.19. The summed E-state index contributed by atoms with van der Waals surface area (Å²) in [6.45, 7) is 0.971. The number of likely N-dealkylation sites (tertiary alicyclic amines) is 1. The summed E-state index contributed by atoms with van der Waals surface area (Å²) in [7, 11) is -3.71. The summed E-state index contributed by atoms with van der Waals surface area (Å²) in [4.78, 5) is 25.0. The third-order valence-corrected chi connectivity index (χ3v) is 5.29. The van der Waals surface area contributed by atoms with E-state index in [1.165, 1.54) is 24.3 Å². The smallest absolute Gasteiger partial charge is 0.307 e. The van der Waals surface area contributed by atoms with Gasteiger partial charge in [0.15, 0.2) is 6.61 Å². The number of ether oxygens (including phenoxy) is 1. The topological polar surface area (TPSA) is 92.8 Å². The number of nitrogens with zero attached hydrogens (tertiary/aromatic N) is 1. The number of benzene rings is 1. The van der Waals surface area contributed by atoms with E-state index in [0.717, 1.165) is 12.8 Å². The van der Waals surface area contributed by atoms with Crippen LogP contribution in [0.3, 0.4) is 0 Å². The third-order valence-electron chi connectivity index (χ3n) is 3.56. The number of carbonyl (C=O) groups is 2. The van der Waals surface area contributed by atoms with Crippen molar-refractivity contribution in [3.8, 4) is 0 Å². The Bertz CT molecular complexity index is 684. The van der Waals surface area contributed by atoms with Crippen molar-refractivity contribution in [3.05, 3.63) is 29.3 Å². The van der Waals surface area contributed by atoms with Crippen LogP contribution in [0, 0.1) is 0 Å². The molecule has 0 atom stereocenters. The number of amides is 1. The van der Waals surface area contributed by atoms with Crippen LogP contribution in [-0.2, 0) is 24.3 Å². The summed E-state index contributed by atoms with van der Waals surface area (Å²) in [5.74, 6) is -0.844. The summed E-state index contributed by atoms with van der Waals surface area (Å²) < 4.78 is 31.2. The molecule has 1 amide bonds. The number of sulfonamides is 1. The average Bonchev–Trinajstić information content (AvgIpc) is 3.07. The highest BCUT2D eigenvalue weighted by Crippen LogP contribution is 2.13. The van der Waals surface area contributed by atoms with E-state index in [0.29, 0.717) is 18.1 Å². The van der Waals surface area contributed by atoms with E-state index in [4.69, 9.17) is 16.3 Å². The monoisotopic (exact) mass is 374 g/mol. The Balaban J connectivity index is 1.71. The number of esters is 1. The summed E-state index contributed by atoms with van der Waals surface area (Å²) in [6.07, 6.45) is 1.78. The van der Waals surface area contributed by atoms with Crippen molar-refractivity contribution in [1.29, 1.82) is 0 Å². The highest BCUT2D eigenvalue weighted by molar-refractivity contribution is 7.89. The lowest BCUT2D eigenvalue weighted by molar-refractivity contribution is -0.151. The molecule has 0 aromatic heterocycles. The van der Waals surface area contributed by atoms with Gasteiger partial charge in [-0.3, -0.25) is 9.59 Å². The molecule has 0 aliphatic carbocycles. The van der Waals surface area contributed by atoms with Gasteiger partial charge in [0.1, 0.15) is 0 Å². The molecule has 0 spiro atoms. The van der Waals surface area contributed by atoms with Crippen LogP contribution in [0.5, 0.6) is 0 Å². The Morgan fingerprint density at radius 1 is 1.17 bits per heavy atom. The average molecular weight is 375 g/mol. The molecule has 2 rings (SSSR count). The molecule has 0 unspecified atom stereocenters. The summed E-state index contributed by atoms with van der Waals surface area (Å²) >= 11 is 5.71. The van der Waals surface area contributed by atoms with E-state index in [2.05, 4.69) is 4.72 Å². The maximum Gasteiger partial charge on any atom is 0.307 e. The third kappa shape index (κ3) is 5.47. The van der Waals surface area contributed by atoms with Gasteiger partial charge in [0.05, 0.1) is 11.3 Å². The zero-order valence-corrected chi connectivity index (χ0v) is 14.6. The van der Waals surface area contributed by atoms with E-state index < -0.39 is 16.0 Å². The first-order valence-corrected chi connectivity index (χ1v) is 9.43. The van der Waals surface area contributed by atoms with Gasteiger partial charge in [-0.2, -0.15) is 0 Å². The molecule has 7 nitrogen and oxygen atoms in total. The van der Waals surface area contributed by atoms with Gasteiger partial charge in [-0.25, -0.2) is 13.1 Å². The number of hydrogen-bond donors (Lipinski definition) is 1. The molecule has 24 heavy (non-hydrogen) atoms. The molecule has 1 saturated heterocycles. The van der Waals surface area contributed by atoms with Crippen molar-refractivity contribution in [1.82, 2.24) is 9.62 Å². The largest absolute Gasteiger partial charge is 0.456 e. The lowest BCUT2D eigenvalue weighted by Crippen LogP contribution is -2.32. The predicted molar refractivity (Wildman–Crippen MR) is 88.0 cm³/mol. The van der Waals surface area contributed by atoms with E-state index in [9.17, 15) is 18.0 Å². The van der Waals surface area contributed by atoms with E-state index >= 15 is 0 Å². The van der Waals surface area contributed by atoms with Crippen molar-refractivity contribution in [3.63, 3.8) is 0 Å². The second kappa shape index (κ2) is 8.46. The van der Waals surface area contributed by atoms with Gasteiger partial charge in [0, 0.05) is 24.7 Å². The molecule has 1 aromatic carbocycles. The molecule has 1 aromatic rings. The molecular formula is C15H19ClN2O5S. The standard InChI is InChI=1S/C15H19ClN2O5S/c16-12-3-5-13(6-4-12)24(21,22)17-8-7-15(20)23-11-14(19)18-9-1-2-10-18/h3-6,17H,1-2,7-11H2. The molecule has 9 heteroatoms. The van der Waals surface area contributed by atoms with Crippen LogP contribution in [0.4, 0.5) is 0 Å². The Morgan fingerprint density at radius 2 is 1.79 bits per heavy atom. The number of nitrogens with one attached hydrogen (secondary N) is 1. The van der Waals surface area contributed by atoms with Crippen LogP contribution in [0.1, 0.15) is 19.3 Å². The molecule has 0 saturated carbocycles. The normalized spacial score (nSPS) is 14.6. The second-order valence-corrected chi connectivity index (χ2v) is 7.55. The Labute approximate surface area is 146 Å². The van der Waals surface area contributed by atoms with Crippen molar-refractivity contribution in [2.75, 3.05) is 26.2 Å².